The molecule has 6 unspecified atom stereocenters. The quantitative estimate of drug-likeness (QED) is 0.246. The van der Waals surface area contributed by atoms with Crippen LogP contribution in [0.5, 0.6) is 0 Å². The van der Waals surface area contributed by atoms with Gasteiger partial charge in [-0.25, -0.2) is 4.79 Å². The molecule has 0 saturated carbocycles. The zero-order valence-corrected chi connectivity index (χ0v) is 26.7. The van der Waals surface area contributed by atoms with Gasteiger partial charge in [-0.05, 0) is 51.7 Å². The fraction of sp³-hybridized carbons (Fsp3) is 0.647. The van der Waals surface area contributed by atoms with Crippen molar-refractivity contribution in [1.82, 2.24) is 0 Å². The predicted octanol–water partition coefficient (Wildman–Crippen LogP) is 5.51. The van der Waals surface area contributed by atoms with Crippen molar-refractivity contribution in [1.29, 1.82) is 0 Å². The highest BCUT2D eigenvalue weighted by atomic mass is 16.6. The summed E-state index contributed by atoms with van der Waals surface area (Å²) in [4.78, 5) is 26.2. The molecule has 1 heterocycles. The summed E-state index contributed by atoms with van der Waals surface area (Å²) in [6, 6.07) is 0. The lowest BCUT2D eigenvalue weighted by Crippen LogP contribution is -2.45. The second-order valence-corrected chi connectivity index (χ2v) is 12.0. The van der Waals surface area contributed by atoms with Gasteiger partial charge in [-0.2, -0.15) is 0 Å². The molecule has 0 aliphatic carbocycles. The van der Waals surface area contributed by atoms with Crippen LogP contribution in [0.3, 0.4) is 0 Å². The van der Waals surface area contributed by atoms with E-state index < -0.39 is 48.3 Å². The van der Waals surface area contributed by atoms with Crippen LogP contribution in [-0.2, 0) is 19.1 Å². The van der Waals surface area contributed by atoms with Crippen molar-refractivity contribution in [2.24, 2.45) is 29.6 Å². The first-order valence-electron chi connectivity index (χ1n) is 14.8. The lowest BCUT2D eigenvalue weighted by atomic mass is 9.84. The van der Waals surface area contributed by atoms with Crippen LogP contribution < -0.4 is 0 Å². The minimum Gasteiger partial charge on any atom is -0.456 e. The molecule has 1 rings (SSSR count). The van der Waals surface area contributed by atoms with E-state index in [1.165, 1.54) is 13.2 Å². The Morgan fingerprint density at radius 2 is 1.80 bits per heavy atom. The van der Waals surface area contributed by atoms with E-state index in [1.807, 2.05) is 59.8 Å². The Morgan fingerprint density at radius 3 is 2.39 bits per heavy atom. The number of rotatable bonds is 9. The molecule has 0 aromatic carbocycles. The number of aliphatic hydroxyl groups excluding tert-OH is 3. The summed E-state index contributed by atoms with van der Waals surface area (Å²) < 4.78 is 11.7. The molecule has 7 nitrogen and oxygen atoms in total. The van der Waals surface area contributed by atoms with Gasteiger partial charge in [-0.15, -0.1) is 0 Å². The van der Waals surface area contributed by atoms with Crippen molar-refractivity contribution < 1.29 is 34.4 Å². The number of hydrogen-bond acceptors (Lipinski definition) is 7. The molecule has 1 aliphatic heterocycles. The third-order valence-electron chi connectivity index (χ3n) is 8.19. The van der Waals surface area contributed by atoms with Crippen molar-refractivity contribution in [3.05, 3.63) is 59.3 Å². The van der Waals surface area contributed by atoms with Gasteiger partial charge in [-0.3, -0.25) is 4.79 Å². The number of aliphatic hydroxyl groups is 3. The summed E-state index contributed by atoms with van der Waals surface area (Å²) >= 11 is 0. The topological polar surface area (TPSA) is 113 Å². The van der Waals surface area contributed by atoms with Crippen LogP contribution in [0.4, 0.5) is 0 Å². The zero-order chi connectivity index (χ0) is 31.4. The SMILES string of the molecule is CCC(O)C(C)/C=C/C(=O)C(C)C(O)C(C)C1OC(=O)/C(C)=C/C(C)=C\[C@H](C)[C@@H](O)[C@@H](C)C/C(C)=C/C=C/[C@H]1OC. The van der Waals surface area contributed by atoms with E-state index in [4.69, 9.17) is 9.47 Å². The van der Waals surface area contributed by atoms with Gasteiger partial charge >= 0.3 is 5.97 Å². The Morgan fingerprint density at radius 1 is 1.17 bits per heavy atom. The fourth-order valence-corrected chi connectivity index (χ4v) is 5.23. The summed E-state index contributed by atoms with van der Waals surface area (Å²) in [6.07, 6.45) is 9.82. The van der Waals surface area contributed by atoms with Gasteiger partial charge in [0.1, 0.15) is 12.2 Å². The largest absolute Gasteiger partial charge is 0.456 e. The Hall–Kier alpha value is -2.32. The molecular formula is C34H54O7. The monoisotopic (exact) mass is 574 g/mol. The summed E-state index contributed by atoms with van der Waals surface area (Å²) in [7, 11) is 1.51. The van der Waals surface area contributed by atoms with Crippen LogP contribution in [0.15, 0.2) is 59.3 Å². The van der Waals surface area contributed by atoms with Crippen LogP contribution in [-0.4, -0.2) is 64.7 Å². The first-order valence-corrected chi connectivity index (χ1v) is 14.8. The molecular weight excluding hydrogens is 520 g/mol. The number of carbonyl (C=O) groups is 2. The summed E-state index contributed by atoms with van der Waals surface area (Å²) in [5.41, 5.74) is 2.28. The average Bonchev–Trinajstić information content (AvgIpc) is 2.93. The standard InChI is InChI=1S/C34H54O7/c1-11-28(35)22(4)15-16-29(36)26(8)32(38)27(9)33-30(40-10)14-12-13-20(2)17-23(5)31(37)24(6)18-21(3)19-25(7)34(39)41-33/h12-16,18-19,22-24,26-28,30-33,35,37-38H,11,17H2,1-10H3/b14-12+,16-15+,20-13+,21-18-,25-19+/t22?,23-,24-,26?,27?,28?,30+,31-,32?,33?/m0/s1. The van der Waals surface area contributed by atoms with Crippen molar-refractivity contribution in [3.63, 3.8) is 0 Å². The van der Waals surface area contributed by atoms with E-state index in [0.29, 0.717) is 18.4 Å². The predicted molar refractivity (Wildman–Crippen MR) is 164 cm³/mol. The summed E-state index contributed by atoms with van der Waals surface area (Å²) in [5.74, 6) is -2.52. The number of esters is 1. The van der Waals surface area contributed by atoms with Gasteiger partial charge in [0.05, 0.1) is 18.3 Å². The highest BCUT2D eigenvalue weighted by Gasteiger charge is 2.37. The molecule has 0 amide bonds. The lowest BCUT2D eigenvalue weighted by molar-refractivity contribution is -0.158. The fourth-order valence-electron chi connectivity index (χ4n) is 5.23. The normalized spacial score (nSPS) is 33.6. The van der Waals surface area contributed by atoms with Crippen molar-refractivity contribution in [2.45, 2.75) is 106 Å². The highest BCUT2D eigenvalue weighted by molar-refractivity contribution is 5.92. The van der Waals surface area contributed by atoms with Crippen LogP contribution in [0.1, 0.15) is 75.2 Å². The van der Waals surface area contributed by atoms with Crippen molar-refractivity contribution in [2.75, 3.05) is 7.11 Å². The minimum atomic E-state index is -1.13. The summed E-state index contributed by atoms with van der Waals surface area (Å²) in [6.45, 7) is 16.6. The Labute approximate surface area is 247 Å². The first-order chi connectivity index (χ1) is 19.1. The number of hydrogen-bond donors (Lipinski definition) is 3. The Kier molecular flexibility index (Phi) is 15.8. The van der Waals surface area contributed by atoms with Crippen LogP contribution in [0, 0.1) is 29.6 Å². The highest BCUT2D eigenvalue weighted by Crippen LogP contribution is 2.27. The molecule has 1 aliphatic rings. The molecule has 0 aromatic heterocycles. The van der Waals surface area contributed by atoms with Crippen LogP contribution in [0.25, 0.3) is 0 Å². The second-order valence-electron chi connectivity index (χ2n) is 12.0. The van der Waals surface area contributed by atoms with E-state index in [9.17, 15) is 24.9 Å². The number of cyclic esters (lactones) is 1. The molecule has 41 heavy (non-hydrogen) atoms. The van der Waals surface area contributed by atoms with E-state index in [1.54, 1.807) is 39.0 Å². The molecule has 0 fully saturated rings. The lowest BCUT2D eigenvalue weighted by Gasteiger charge is -2.33. The molecule has 7 heteroatoms. The number of carbonyl (C=O) groups excluding carboxylic acids is 2. The second kappa shape index (κ2) is 17.6. The van der Waals surface area contributed by atoms with Gasteiger partial charge < -0.3 is 24.8 Å². The average molecular weight is 575 g/mol. The Bertz CT molecular complexity index is 1000. The number of ketones is 1. The summed E-state index contributed by atoms with van der Waals surface area (Å²) in [5, 5.41) is 32.1. The third kappa shape index (κ3) is 11.5. The van der Waals surface area contributed by atoms with Crippen molar-refractivity contribution >= 4 is 11.8 Å². The van der Waals surface area contributed by atoms with Gasteiger partial charge in [-0.1, -0.05) is 83.1 Å². The molecule has 0 bridgehead atoms. The van der Waals surface area contributed by atoms with Crippen molar-refractivity contribution in [3.8, 4) is 0 Å². The minimum absolute atomic E-state index is 0.0316. The van der Waals surface area contributed by atoms with Crippen LogP contribution in [0.2, 0.25) is 0 Å². The maximum atomic E-state index is 13.2. The molecule has 232 valence electrons. The molecule has 0 saturated heterocycles. The first kappa shape index (κ1) is 36.7. The smallest absolute Gasteiger partial charge is 0.334 e. The van der Waals surface area contributed by atoms with E-state index in [2.05, 4.69) is 0 Å². The molecule has 0 radical (unpaired) electrons. The molecule has 10 atom stereocenters. The third-order valence-corrected chi connectivity index (χ3v) is 8.19. The van der Waals surface area contributed by atoms with E-state index >= 15 is 0 Å². The van der Waals surface area contributed by atoms with Gasteiger partial charge in [0.15, 0.2) is 5.78 Å². The van der Waals surface area contributed by atoms with Gasteiger partial charge in [0.2, 0.25) is 0 Å². The van der Waals surface area contributed by atoms with Gasteiger partial charge in [0, 0.05) is 36.4 Å². The van der Waals surface area contributed by atoms with E-state index in [-0.39, 0.29) is 23.5 Å². The number of allylic oxidation sites excluding steroid dienone is 6. The van der Waals surface area contributed by atoms with Gasteiger partial charge in [0.25, 0.3) is 0 Å². The number of ether oxygens (including phenoxy) is 2. The Balaban J connectivity index is 3.41. The maximum Gasteiger partial charge on any atom is 0.334 e. The molecule has 3 N–H and O–H groups in total. The van der Waals surface area contributed by atoms with E-state index in [0.717, 1.165) is 11.1 Å². The molecule has 0 aromatic rings. The molecule has 0 spiro atoms. The van der Waals surface area contributed by atoms with Crippen LogP contribution >= 0.6 is 0 Å². The number of methoxy groups -OCH3 is 1. The zero-order valence-electron chi connectivity index (χ0n) is 26.7. The maximum absolute atomic E-state index is 13.2.